The minimum atomic E-state index is -2.17. The van der Waals surface area contributed by atoms with Crippen LogP contribution >= 0.6 is 0 Å². The molecule has 10 heteroatoms. The maximum atomic E-state index is 13.8. The van der Waals surface area contributed by atoms with Crippen molar-refractivity contribution in [1.29, 1.82) is 0 Å². The number of rotatable bonds is 13. The topological polar surface area (TPSA) is 113 Å². The van der Waals surface area contributed by atoms with Crippen LogP contribution < -0.4 is 14.2 Å². The second kappa shape index (κ2) is 14.2. The van der Waals surface area contributed by atoms with Gasteiger partial charge in [-0.1, -0.05) is 43.7 Å². The SMILES string of the molecule is CCCCN1CCc2cc3c(cc2[C@@H]2[C@H](OC(=O)[C@@](O)(C/C=C/COc4ccccc4)CC(=O)OC)C(OC)=C[C@@H]21)OCO3. The van der Waals surface area contributed by atoms with E-state index in [1.54, 1.807) is 19.3 Å². The molecule has 2 aromatic carbocycles. The summed E-state index contributed by atoms with van der Waals surface area (Å²) in [6.07, 6.45) is 6.56. The molecule has 44 heavy (non-hydrogen) atoms. The van der Waals surface area contributed by atoms with Gasteiger partial charge in [-0.25, -0.2) is 4.79 Å². The van der Waals surface area contributed by atoms with E-state index in [9.17, 15) is 14.7 Å². The minimum Gasteiger partial charge on any atom is -0.497 e. The minimum absolute atomic E-state index is 0.111. The van der Waals surface area contributed by atoms with Crippen molar-refractivity contribution in [2.75, 3.05) is 40.7 Å². The molecule has 0 radical (unpaired) electrons. The summed E-state index contributed by atoms with van der Waals surface area (Å²) in [5.74, 6) is 0.535. The lowest BCUT2D eigenvalue weighted by Gasteiger charge is -2.33. The highest BCUT2D eigenvalue weighted by Crippen LogP contribution is 2.47. The predicted octanol–water partition coefficient (Wildman–Crippen LogP) is 4.30. The molecular formula is C34H41NO9. The first-order valence-corrected chi connectivity index (χ1v) is 15.1. The molecule has 5 rings (SSSR count). The Morgan fingerprint density at radius 1 is 1.11 bits per heavy atom. The van der Waals surface area contributed by atoms with Gasteiger partial charge in [0.15, 0.2) is 23.2 Å². The second-order valence-corrected chi connectivity index (χ2v) is 11.2. The maximum absolute atomic E-state index is 13.8. The second-order valence-electron chi connectivity index (χ2n) is 11.2. The van der Waals surface area contributed by atoms with Gasteiger partial charge in [-0.15, -0.1) is 0 Å². The van der Waals surface area contributed by atoms with E-state index in [0.717, 1.165) is 43.5 Å². The van der Waals surface area contributed by atoms with Gasteiger partial charge in [-0.05, 0) is 60.9 Å². The van der Waals surface area contributed by atoms with Crippen molar-refractivity contribution in [3.8, 4) is 17.2 Å². The lowest BCUT2D eigenvalue weighted by molar-refractivity contribution is -0.176. The molecule has 2 aromatic rings. The molecule has 0 bridgehead atoms. The Morgan fingerprint density at radius 2 is 1.89 bits per heavy atom. The predicted molar refractivity (Wildman–Crippen MR) is 162 cm³/mol. The van der Waals surface area contributed by atoms with E-state index in [4.69, 9.17) is 28.4 Å². The average Bonchev–Trinajstić information content (AvgIpc) is 3.61. The highest BCUT2D eigenvalue weighted by Gasteiger charge is 2.49. The number of ether oxygens (including phenoxy) is 6. The molecule has 0 unspecified atom stereocenters. The number of carbonyl (C=O) groups is 2. The molecule has 3 aliphatic rings. The molecule has 0 saturated carbocycles. The fourth-order valence-electron chi connectivity index (χ4n) is 6.05. The smallest absolute Gasteiger partial charge is 0.339 e. The molecule has 236 valence electrons. The lowest BCUT2D eigenvalue weighted by Crippen LogP contribution is -2.46. The van der Waals surface area contributed by atoms with E-state index in [1.165, 1.54) is 7.11 Å². The third-order valence-electron chi connectivity index (χ3n) is 8.42. The molecule has 0 fully saturated rings. The molecule has 2 aliphatic heterocycles. The molecule has 2 heterocycles. The number of methoxy groups -OCH3 is 2. The van der Waals surface area contributed by atoms with Crippen molar-refractivity contribution in [1.82, 2.24) is 4.90 Å². The number of hydrogen-bond donors (Lipinski definition) is 1. The fraction of sp³-hybridized carbons (Fsp3) is 0.471. The molecular weight excluding hydrogens is 566 g/mol. The zero-order chi connectivity index (χ0) is 31.1. The number of benzene rings is 2. The van der Waals surface area contributed by atoms with Gasteiger partial charge < -0.3 is 33.5 Å². The van der Waals surface area contributed by atoms with Gasteiger partial charge in [0.2, 0.25) is 6.79 Å². The summed E-state index contributed by atoms with van der Waals surface area (Å²) >= 11 is 0. The summed E-state index contributed by atoms with van der Waals surface area (Å²) in [6.45, 7) is 4.21. The molecule has 0 saturated heterocycles. The summed E-state index contributed by atoms with van der Waals surface area (Å²) in [4.78, 5) is 28.6. The van der Waals surface area contributed by atoms with E-state index in [2.05, 4.69) is 11.8 Å². The Bertz CT molecular complexity index is 1370. The summed E-state index contributed by atoms with van der Waals surface area (Å²) in [6, 6.07) is 13.2. The van der Waals surface area contributed by atoms with E-state index < -0.39 is 30.1 Å². The van der Waals surface area contributed by atoms with E-state index in [0.29, 0.717) is 23.0 Å². The van der Waals surface area contributed by atoms with Gasteiger partial charge in [-0.2, -0.15) is 0 Å². The maximum Gasteiger partial charge on any atom is 0.339 e. The number of unbranched alkanes of at least 4 members (excludes halogenated alkanes) is 1. The van der Waals surface area contributed by atoms with E-state index in [1.807, 2.05) is 48.5 Å². The number of carbonyl (C=O) groups excluding carboxylic acids is 2. The largest absolute Gasteiger partial charge is 0.497 e. The Balaban J connectivity index is 1.40. The molecule has 0 aromatic heterocycles. The number of hydrogen-bond acceptors (Lipinski definition) is 10. The van der Waals surface area contributed by atoms with Crippen LogP contribution in [-0.2, 0) is 30.2 Å². The fourth-order valence-corrected chi connectivity index (χ4v) is 6.05. The van der Waals surface area contributed by atoms with Crippen LogP contribution in [-0.4, -0.2) is 80.4 Å². The normalized spacial score (nSPS) is 21.9. The Morgan fingerprint density at radius 3 is 2.61 bits per heavy atom. The summed E-state index contributed by atoms with van der Waals surface area (Å²) in [5, 5.41) is 11.6. The van der Waals surface area contributed by atoms with Gasteiger partial charge in [0, 0.05) is 24.9 Å². The summed E-state index contributed by atoms with van der Waals surface area (Å²) in [7, 11) is 2.76. The third-order valence-corrected chi connectivity index (χ3v) is 8.42. The molecule has 1 aliphatic carbocycles. The van der Waals surface area contributed by atoms with Crippen LogP contribution in [0, 0.1) is 0 Å². The number of aliphatic hydroxyl groups is 1. The van der Waals surface area contributed by atoms with Crippen LogP contribution in [0.15, 0.2) is 66.5 Å². The van der Waals surface area contributed by atoms with Crippen molar-refractivity contribution < 1.29 is 43.1 Å². The van der Waals surface area contributed by atoms with Gasteiger partial charge in [0.1, 0.15) is 18.1 Å². The monoisotopic (exact) mass is 607 g/mol. The van der Waals surface area contributed by atoms with Crippen LogP contribution in [0.2, 0.25) is 0 Å². The van der Waals surface area contributed by atoms with Crippen LogP contribution in [0.3, 0.4) is 0 Å². The highest BCUT2D eigenvalue weighted by molar-refractivity contribution is 5.86. The number of para-hydroxylation sites is 1. The third kappa shape index (κ3) is 6.87. The first kappa shape index (κ1) is 31.4. The Hall–Kier alpha value is -4.02. The summed E-state index contributed by atoms with van der Waals surface area (Å²) < 4.78 is 33.8. The van der Waals surface area contributed by atoms with Crippen molar-refractivity contribution >= 4 is 11.9 Å². The number of fused-ring (bicyclic) bond motifs is 4. The Labute approximate surface area is 258 Å². The van der Waals surface area contributed by atoms with Crippen LogP contribution in [0.4, 0.5) is 0 Å². The van der Waals surface area contributed by atoms with E-state index in [-0.39, 0.29) is 31.8 Å². The average molecular weight is 608 g/mol. The van der Waals surface area contributed by atoms with Gasteiger partial charge in [-0.3, -0.25) is 9.69 Å². The van der Waals surface area contributed by atoms with Gasteiger partial charge in [0.25, 0.3) is 0 Å². The van der Waals surface area contributed by atoms with Crippen LogP contribution in [0.25, 0.3) is 0 Å². The standard InChI is InChI=1S/C34H41NO9/c1-4-5-15-35-16-13-23-18-27-28(43-22-42-27)19-25(23)31-26(35)20-29(39-2)32(31)44-33(37)34(38,21-30(36)40-3)14-9-10-17-41-24-11-7-6-8-12-24/h6-12,18-20,26,31-32,38H,4-5,13-17,21-22H2,1-3H3/b10-9+/t26-,31-,32+,34+/m0/s1. The highest BCUT2D eigenvalue weighted by atomic mass is 16.7. The van der Waals surface area contributed by atoms with Crippen molar-refractivity contribution in [2.24, 2.45) is 0 Å². The lowest BCUT2D eigenvalue weighted by atomic mass is 9.87. The van der Waals surface area contributed by atoms with Gasteiger partial charge in [0.05, 0.1) is 20.6 Å². The summed E-state index contributed by atoms with van der Waals surface area (Å²) in [5.41, 5.74) is -0.104. The first-order chi connectivity index (χ1) is 21.4. The Kier molecular flexibility index (Phi) is 10.1. The van der Waals surface area contributed by atoms with Crippen molar-refractivity contribution in [3.05, 3.63) is 77.6 Å². The molecule has 0 spiro atoms. The molecule has 4 atom stereocenters. The van der Waals surface area contributed by atoms with Crippen molar-refractivity contribution in [2.45, 2.75) is 62.7 Å². The molecule has 1 N–H and O–H groups in total. The molecule has 0 amide bonds. The molecule has 10 nitrogen and oxygen atoms in total. The van der Waals surface area contributed by atoms with Crippen molar-refractivity contribution in [3.63, 3.8) is 0 Å². The number of nitrogens with zero attached hydrogens (tertiary/aromatic N) is 1. The van der Waals surface area contributed by atoms with Gasteiger partial charge >= 0.3 is 11.9 Å². The van der Waals surface area contributed by atoms with E-state index >= 15 is 0 Å². The first-order valence-electron chi connectivity index (χ1n) is 15.1. The van der Waals surface area contributed by atoms with Crippen LogP contribution in [0.1, 0.15) is 49.7 Å². The quantitative estimate of drug-likeness (QED) is 0.261. The zero-order valence-corrected chi connectivity index (χ0v) is 25.5. The number of esters is 2. The van der Waals surface area contributed by atoms with Crippen LogP contribution in [0.5, 0.6) is 17.2 Å². The zero-order valence-electron chi connectivity index (χ0n) is 25.5.